The molecule has 0 saturated heterocycles. The number of amides is 1. The molecule has 4 N–H and O–H groups in total. The van der Waals surface area contributed by atoms with Crippen molar-refractivity contribution < 1.29 is 18.3 Å². The molecule has 31 heavy (non-hydrogen) atoms. The van der Waals surface area contributed by atoms with Gasteiger partial charge in [0.1, 0.15) is 17.5 Å². The van der Waals surface area contributed by atoms with Crippen molar-refractivity contribution >= 4 is 11.7 Å². The van der Waals surface area contributed by atoms with Crippen LogP contribution in [0.1, 0.15) is 29.7 Å². The average Bonchev–Trinajstić information content (AvgIpc) is 2.77. The number of nitrogen functional groups attached to an aromatic ring is 1. The van der Waals surface area contributed by atoms with Gasteiger partial charge in [0, 0.05) is 36.7 Å². The van der Waals surface area contributed by atoms with E-state index < -0.39 is 29.2 Å². The Kier molecular flexibility index (Phi) is 7.04. The molecular formula is C23H22F2N4O2. The van der Waals surface area contributed by atoms with E-state index in [2.05, 4.69) is 10.3 Å². The van der Waals surface area contributed by atoms with E-state index in [0.717, 1.165) is 11.6 Å². The molecule has 1 atom stereocenters. The maximum Gasteiger partial charge on any atom is 0.254 e. The van der Waals surface area contributed by atoms with Crippen molar-refractivity contribution in [1.82, 2.24) is 10.3 Å². The fraction of sp³-hybridized carbons (Fsp3) is 0.174. The van der Waals surface area contributed by atoms with Crippen LogP contribution in [0.25, 0.3) is 11.1 Å². The first kappa shape index (κ1) is 22.0. The maximum atomic E-state index is 15.3. The number of halogens is 2. The van der Waals surface area contributed by atoms with Crippen LogP contribution in [0.3, 0.4) is 0 Å². The van der Waals surface area contributed by atoms with E-state index in [1.54, 1.807) is 43.3 Å². The molecule has 1 heterocycles. The van der Waals surface area contributed by atoms with Crippen LogP contribution < -0.4 is 11.1 Å². The summed E-state index contributed by atoms with van der Waals surface area (Å²) >= 11 is 0. The predicted octanol–water partition coefficient (Wildman–Crippen LogP) is 3.70. The fourth-order valence-corrected chi connectivity index (χ4v) is 3.10. The van der Waals surface area contributed by atoms with Crippen LogP contribution in [0, 0.1) is 17.0 Å². The van der Waals surface area contributed by atoms with Crippen molar-refractivity contribution in [3.8, 4) is 11.1 Å². The highest BCUT2D eigenvalue weighted by atomic mass is 19.1. The molecule has 1 amide bonds. The van der Waals surface area contributed by atoms with Crippen LogP contribution in [0.2, 0.25) is 0 Å². The Balaban J connectivity index is 1.85. The lowest BCUT2D eigenvalue weighted by molar-refractivity contribution is -0.133. The third-order valence-corrected chi connectivity index (χ3v) is 4.68. The quantitative estimate of drug-likeness (QED) is 0.379. The van der Waals surface area contributed by atoms with E-state index in [4.69, 9.17) is 15.9 Å². The number of carbonyl (C=O) groups excluding carboxylic acids is 1. The second-order valence-electron chi connectivity index (χ2n) is 6.72. The van der Waals surface area contributed by atoms with Gasteiger partial charge in [0.05, 0.1) is 5.56 Å². The van der Waals surface area contributed by atoms with Crippen LogP contribution in [0.15, 0.2) is 60.9 Å². The number of aromatic nitrogens is 1. The molecular weight excluding hydrogens is 402 g/mol. The predicted molar refractivity (Wildman–Crippen MR) is 113 cm³/mol. The molecule has 160 valence electrons. The van der Waals surface area contributed by atoms with Gasteiger partial charge in [-0.25, -0.2) is 8.78 Å². The van der Waals surface area contributed by atoms with Gasteiger partial charge in [-0.15, -0.1) is 0 Å². The summed E-state index contributed by atoms with van der Waals surface area (Å²) in [5.41, 5.74) is 6.93. The third-order valence-electron chi connectivity index (χ3n) is 4.68. The van der Waals surface area contributed by atoms with Crippen molar-refractivity contribution in [3.05, 3.63) is 89.2 Å². The van der Waals surface area contributed by atoms with Crippen LogP contribution in [0.5, 0.6) is 0 Å². The number of hydrogen-bond donors (Lipinski definition) is 3. The minimum atomic E-state index is -1.46. The summed E-state index contributed by atoms with van der Waals surface area (Å²) in [6.45, 7) is 1.85. The Bertz CT molecular complexity index is 1070. The number of pyridine rings is 1. The van der Waals surface area contributed by atoms with Gasteiger partial charge in [-0.3, -0.25) is 15.2 Å². The molecule has 1 unspecified atom stereocenters. The minimum Gasteiger partial charge on any atom is -0.384 e. The van der Waals surface area contributed by atoms with Crippen molar-refractivity contribution in [2.24, 2.45) is 5.73 Å². The highest BCUT2D eigenvalue weighted by Crippen LogP contribution is 2.31. The first-order valence-corrected chi connectivity index (χ1v) is 9.63. The topological polar surface area (TPSA) is 101 Å². The van der Waals surface area contributed by atoms with Crippen LogP contribution in [-0.4, -0.2) is 23.3 Å². The van der Waals surface area contributed by atoms with E-state index in [9.17, 15) is 9.18 Å². The number of ether oxygens (including phenoxy) is 1. The van der Waals surface area contributed by atoms with E-state index in [-0.39, 0.29) is 24.6 Å². The first-order chi connectivity index (χ1) is 14.9. The number of amidine groups is 1. The molecule has 0 saturated carbocycles. The summed E-state index contributed by atoms with van der Waals surface area (Å²) in [5.74, 6) is -2.45. The van der Waals surface area contributed by atoms with Gasteiger partial charge in [-0.2, -0.15) is 0 Å². The average molecular weight is 424 g/mol. The number of nitrogens with one attached hydrogen (secondary N) is 2. The monoisotopic (exact) mass is 424 g/mol. The highest BCUT2D eigenvalue weighted by Gasteiger charge is 2.29. The third kappa shape index (κ3) is 5.10. The highest BCUT2D eigenvalue weighted by molar-refractivity contribution is 5.94. The second-order valence-corrected chi connectivity index (χ2v) is 6.72. The Morgan fingerprint density at radius 2 is 1.81 bits per heavy atom. The second kappa shape index (κ2) is 9.90. The molecule has 3 rings (SSSR count). The molecule has 0 radical (unpaired) electrons. The number of benzene rings is 2. The summed E-state index contributed by atoms with van der Waals surface area (Å²) in [4.78, 5) is 16.7. The van der Waals surface area contributed by atoms with Gasteiger partial charge in [-0.1, -0.05) is 24.3 Å². The van der Waals surface area contributed by atoms with E-state index in [0.29, 0.717) is 11.1 Å². The summed E-state index contributed by atoms with van der Waals surface area (Å²) in [7, 11) is 0. The summed E-state index contributed by atoms with van der Waals surface area (Å²) in [5, 5.41) is 10.1. The van der Waals surface area contributed by atoms with Crippen LogP contribution in [-0.2, 0) is 16.1 Å². The fourth-order valence-electron chi connectivity index (χ4n) is 3.10. The SMILES string of the molecule is CCOC(C(=O)NCc1ccc(C(=N)N)cc1)c1c(F)ccc(-c2ccncc2)c1F. The normalized spacial score (nSPS) is 11.7. The van der Waals surface area contributed by atoms with Crippen molar-refractivity contribution in [3.63, 3.8) is 0 Å². The molecule has 8 heteroatoms. The minimum absolute atomic E-state index is 0.0629. The summed E-state index contributed by atoms with van der Waals surface area (Å²) in [6, 6.07) is 12.4. The molecule has 6 nitrogen and oxygen atoms in total. The van der Waals surface area contributed by atoms with Gasteiger partial charge in [-0.05, 0) is 42.3 Å². The summed E-state index contributed by atoms with van der Waals surface area (Å²) < 4.78 is 35.3. The molecule has 0 fully saturated rings. The number of carbonyl (C=O) groups is 1. The Morgan fingerprint density at radius 1 is 1.13 bits per heavy atom. The smallest absolute Gasteiger partial charge is 0.254 e. The van der Waals surface area contributed by atoms with Gasteiger partial charge < -0.3 is 15.8 Å². The zero-order valence-electron chi connectivity index (χ0n) is 16.9. The lowest BCUT2D eigenvalue weighted by atomic mass is 9.99. The Labute approximate surface area is 178 Å². The molecule has 0 spiro atoms. The lowest BCUT2D eigenvalue weighted by Gasteiger charge is -2.20. The molecule has 2 aromatic carbocycles. The molecule has 3 aromatic rings. The van der Waals surface area contributed by atoms with E-state index >= 15 is 4.39 Å². The molecule has 0 aliphatic carbocycles. The Hall–Kier alpha value is -3.65. The number of nitrogens with two attached hydrogens (primary N) is 1. The number of nitrogens with zero attached hydrogens (tertiary/aromatic N) is 1. The van der Waals surface area contributed by atoms with Crippen molar-refractivity contribution in [2.75, 3.05) is 6.61 Å². The van der Waals surface area contributed by atoms with Gasteiger partial charge >= 0.3 is 0 Å². The van der Waals surface area contributed by atoms with Crippen molar-refractivity contribution in [1.29, 1.82) is 5.41 Å². The van der Waals surface area contributed by atoms with Crippen LogP contribution in [0.4, 0.5) is 8.78 Å². The summed E-state index contributed by atoms with van der Waals surface area (Å²) in [6.07, 6.45) is 1.55. The maximum absolute atomic E-state index is 15.3. The molecule has 1 aromatic heterocycles. The van der Waals surface area contributed by atoms with Crippen LogP contribution >= 0.6 is 0 Å². The van der Waals surface area contributed by atoms with E-state index in [1.807, 2.05) is 0 Å². The standard InChI is InChI=1S/C23H22F2N4O2/c1-2-31-21(23(30)29-13-14-3-5-16(6-4-14)22(26)27)19-18(24)8-7-17(20(19)25)15-9-11-28-12-10-15/h3-12,21H,2,13H2,1H3,(H3,26,27)(H,29,30). The van der Waals surface area contributed by atoms with Gasteiger partial charge in [0.15, 0.2) is 6.10 Å². The van der Waals surface area contributed by atoms with Gasteiger partial charge in [0.25, 0.3) is 5.91 Å². The molecule has 0 aliphatic heterocycles. The largest absolute Gasteiger partial charge is 0.384 e. The number of rotatable bonds is 8. The molecule has 0 bridgehead atoms. The number of hydrogen-bond acceptors (Lipinski definition) is 4. The zero-order valence-corrected chi connectivity index (χ0v) is 16.9. The lowest BCUT2D eigenvalue weighted by Crippen LogP contribution is -2.31. The van der Waals surface area contributed by atoms with E-state index in [1.165, 1.54) is 18.5 Å². The van der Waals surface area contributed by atoms with Gasteiger partial charge in [0.2, 0.25) is 0 Å². The van der Waals surface area contributed by atoms with Crippen molar-refractivity contribution in [2.45, 2.75) is 19.6 Å². The first-order valence-electron chi connectivity index (χ1n) is 9.63. The Morgan fingerprint density at radius 3 is 2.42 bits per heavy atom. The molecule has 0 aliphatic rings. The zero-order chi connectivity index (χ0) is 22.4.